The molecular weight excluding hydrogens is 212 g/mol. The van der Waals surface area contributed by atoms with E-state index in [1.807, 2.05) is 0 Å². The number of nitrogens with one attached hydrogen (secondary N) is 2. The number of rotatable bonds is 8. The van der Waals surface area contributed by atoms with E-state index in [0.29, 0.717) is 6.54 Å². The highest BCUT2D eigenvalue weighted by atomic mass is 16.5. The monoisotopic (exact) mass is 232 g/mol. The van der Waals surface area contributed by atoms with Crippen LogP contribution in [0.2, 0.25) is 0 Å². The van der Waals surface area contributed by atoms with E-state index in [-0.39, 0.29) is 0 Å². The number of hydrogen-bond acceptors (Lipinski definition) is 3. The third-order valence-corrected chi connectivity index (χ3v) is 2.03. The first-order valence-corrected chi connectivity index (χ1v) is 5.34. The number of carboxylic acid groups (broad SMARTS) is 1. The van der Waals surface area contributed by atoms with Crippen LogP contribution in [0.15, 0.2) is 0 Å². The highest BCUT2D eigenvalue weighted by molar-refractivity contribution is 5.82. The average molecular weight is 232 g/mol. The van der Waals surface area contributed by atoms with E-state index >= 15 is 0 Å². The standard InChI is InChI=1S/C10H20N2O4/c1-8(9(13)14)12-10(15)11-6-4-3-5-7-16-2/h8H,3-7H2,1-2H3,(H,13,14)(H2,11,12,15)/t8-/m0/s1. The molecule has 2 amide bonds. The Balaban J connectivity index is 3.40. The third-order valence-electron chi connectivity index (χ3n) is 2.03. The molecule has 6 nitrogen and oxygen atoms in total. The zero-order valence-electron chi connectivity index (χ0n) is 9.78. The largest absolute Gasteiger partial charge is 0.480 e. The first-order valence-electron chi connectivity index (χ1n) is 5.34. The minimum absolute atomic E-state index is 0.443. The molecular formula is C10H20N2O4. The SMILES string of the molecule is COCCCCCNC(=O)N[C@@H](C)C(=O)O. The number of carbonyl (C=O) groups is 2. The van der Waals surface area contributed by atoms with Gasteiger partial charge in [-0.05, 0) is 26.2 Å². The summed E-state index contributed by atoms with van der Waals surface area (Å²) in [5, 5.41) is 13.4. The van der Waals surface area contributed by atoms with Crippen LogP contribution in [0.5, 0.6) is 0 Å². The number of methoxy groups -OCH3 is 1. The van der Waals surface area contributed by atoms with Crippen molar-refractivity contribution in [3.05, 3.63) is 0 Å². The molecule has 0 aliphatic heterocycles. The molecule has 0 fully saturated rings. The van der Waals surface area contributed by atoms with Gasteiger partial charge in [0, 0.05) is 20.3 Å². The summed E-state index contributed by atoms with van der Waals surface area (Å²) >= 11 is 0. The number of aliphatic carboxylic acids is 1. The van der Waals surface area contributed by atoms with Gasteiger partial charge in [-0.3, -0.25) is 4.79 Å². The van der Waals surface area contributed by atoms with Gasteiger partial charge in [-0.15, -0.1) is 0 Å². The van der Waals surface area contributed by atoms with Gasteiger partial charge in [-0.25, -0.2) is 4.79 Å². The van der Waals surface area contributed by atoms with Crippen molar-refractivity contribution in [2.75, 3.05) is 20.3 Å². The highest BCUT2D eigenvalue weighted by Gasteiger charge is 2.12. The van der Waals surface area contributed by atoms with Crippen LogP contribution >= 0.6 is 0 Å². The van der Waals surface area contributed by atoms with Crippen LogP contribution in [-0.2, 0) is 9.53 Å². The minimum atomic E-state index is -1.05. The first kappa shape index (κ1) is 14.7. The molecule has 3 N–H and O–H groups in total. The van der Waals surface area contributed by atoms with Crippen molar-refractivity contribution in [2.24, 2.45) is 0 Å². The quantitative estimate of drug-likeness (QED) is 0.534. The van der Waals surface area contributed by atoms with Gasteiger partial charge in [0.15, 0.2) is 0 Å². The fraction of sp³-hybridized carbons (Fsp3) is 0.800. The molecule has 0 saturated carbocycles. The Morgan fingerprint density at radius 2 is 2.00 bits per heavy atom. The zero-order valence-corrected chi connectivity index (χ0v) is 9.78. The summed E-state index contributed by atoms with van der Waals surface area (Å²) in [6.07, 6.45) is 2.80. The van der Waals surface area contributed by atoms with Crippen LogP contribution in [0.25, 0.3) is 0 Å². The topological polar surface area (TPSA) is 87.7 Å². The van der Waals surface area contributed by atoms with E-state index < -0.39 is 18.0 Å². The number of amides is 2. The van der Waals surface area contributed by atoms with E-state index in [9.17, 15) is 9.59 Å². The predicted molar refractivity (Wildman–Crippen MR) is 59.4 cm³/mol. The molecule has 0 aliphatic carbocycles. The molecule has 0 aromatic carbocycles. The van der Waals surface area contributed by atoms with Crippen LogP contribution in [0.1, 0.15) is 26.2 Å². The van der Waals surface area contributed by atoms with Crippen molar-refractivity contribution >= 4 is 12.0 Å². The van der Waals surface area contributed by atoms with Gasteiger partial charge >= 0.3 is 12.0 Å². The van der Waals surface area contributed by atoms with Crippen molar-refractivity contribution in [1.29, 1.82) is 0 Å². The summed E-state index contributed by atoms with van der Waals surface area (Å²) in [7, 11) is 1.65. The summed E-state index contributed by atoms with van der Waals surface area (Å²) < 4.78 is 4.88. The smallest absolute Gasteiger partial charge is 0.325 e. The lowest BCUT2D eigenvalue weighted by Gasteiger charge is -2.10. The van der Waals surface area contributed by atoms with E-state index in [0.717, 1.165) is 25.9 Å². The van der Waals surface area contributed by atoms with Crippen molar-refractivity contribution < 1.29 is 19.4 Å². The molecule has 0 saturated heterocycles. The minimum Gasteiger partial charge on any atom is -0.480 e. The Hall–Kier alpha value is -1.30. The van der Waals surface area contributed by atoms with Crippen LogP contribution in [0.4, 0.5) is 4.79 Å². The second-order valence-electron chi connectivity index (χ2n) is 3.51. The highest BCUT2D eigenvalue weighted by Crippen LogP contribution is 1.93. The third kappa shape index (κ3) is 8.05. The van der Waals surface area contributed by atoms with Gasteiger partial charge in [-0.2, -0.15) is 0 Å². The Kier molecular flexibility index (Phi) is 8.24. The van der Waals surface area contributed by atoms with Gasteiger partial charge in [0.05, 0.1) is 0 Å². The van der Waals surface area contributed by atoms with E-state index in [4.69, 9.17) is 9.84 Å². The summed E-state index contributed by atoms with van der Waals surface area (Å²) in [4.78, 5) is 21.6. The fourth-order valence-electron chi connectivity index (χ4n) is 1.06. The molecule has 0 heterocycles. The Morgan fingerprint density at radius 3 is 2.56 bits per heavy atom. The number of hydrogen-bond donors (Lipinski definition) is 3. The molecule has 94 valence electrons. The molecule has 6 heteroatoms. The lowest BCUT2D eigenvalue weighted by Crippen LogP contribution is -2.44. The summed E-state index contributed by atoms with van der Waals surface area (Å²) in [5.41, 5.74) is 0. The molecule has 0 unspecified atom stereocenters. The van der Waals surface area contributed by atoms with Crippen LogP contribution in [-0.4, -0.2) is 43.4 Å². The zero-order chi connectivity index (χ0) is 12.4. The van der Waals surface area contributed by atoms with Crippen molar-refractivity contribution in [1.82, 2.24) is 10.6 Å². The number of ether oxygens (including phenoxy) is 1. The number of urea groups is 1. The maximum absolute atomic E-state index is 11.1. The maximum Gasteiger partial charge on any atom is 0.325 e. The number of carbonyl (C=O) groups excluding carboxylic acids is 1. The van der Waals surface area contributed by atoms with Gasteiger partial charge in [0.25, 0.3) is 0 Å². The molecule has 0 aromatic heterocycles. The van der Waals surface area contributed by atoms with Gasteiger partial charge in [0.2, 0.25) is 0 Å². The molecule has 1 atom stereocenters. The van der Waals surface area contributed by atoms with Crippen LogP contribution in [0.3, 0.4) is 0 Å². The Bertz CT molecular complexity index is 221. The summed E-state index contributed by atoms with van der Waals surface area (Å²) in [6, 6.07) is -1.31. The van der Waals surface area contributed by atoms with Gasteiger partial charge in [-0.1, -0.05) is 0 Å². The molecule has 16 heavy (non-hydrogen) atoms. The van der Waals surface area contributed by atoms with Crippen molar-refractivity contribution in [2.45, 2.75) is 32.2 Å². The first-order chi connectivity index (χ1) is 7.57. The molecule has 0 aromatic rings. The maximum atomic E-state index is 11.1. The predicted octanol–water partition coefficient (Wildman–Crippen LogP) is 0.575. The normalized spacial score (nSPS) is 11.9. The number of carboxylic acids is 1. The summed E-state index contributed by atoms with van der Waals surface area (Å²) in [6.45, 7) is 2.69. The average Bonchev–Trinajstić information content (AvgIpc) is 2.23. The fourth-order valence-corrected chi connectivity index (χ4v) is 1.06. The Morgan fingerprint density at radius 1 is 1.31 bits per heavy atom. The van der Waals surface area contributed by atoms with Gasteiger partial charge in [0.1, 0.15) is 6.04 Å². The second-order valence-corrected chi connectivity index (χ2v) is 3.51. The van der Waals surface area contributed by atoms with E-state index in [1.54, 1.807) is 7.11 Å². The van der Waals surface area contributed by atoms with Gasteiger partial charge < -0.3 is 20.5 Å². The van der Waals surface area contributed by atoms with Crippen molar-refractivity contribution in [3.8, 4) is 0 Å². The molecule has 0 bridgehead atoms. The lowest BCUT2D eigenvalue weighted by atomic mass is 10.2. The molecule has 0 rings (SSSR count). The van der Waals surface area contributed by atoms with E-state index in [2.05, 4.69) is 10.6 Å². The van der Waals surface area contributed by atoms with Crippen molar-refractivity contribution in [3.63, 3.8) is 0 Å². The second kappa shape index (κ2) is 8.96. The number of unbranched alkanes of at least 4 members (excludes halogenated alkanes) is 2. The summed E-state index contributed by atoms with van der Waals surface area (Å²) in [5.74, 6) is -1.05. The van der Waals surface area contributed by atoms with E-state index in [1.165, 1.54) is 6.92 Å². The van der Waals surface area contributed by atoms with Crippen LogP contribution in [0, 0.1) is 0 Å². The molecule has 0 radical (unpaired) electrons. The molecule has 0 spiro atoms. The Labute approximate surface area is 95.4 Å². The molecule has 0 aliphatic rings. The van der Waals surface area contributed by atoms with Crippen LogP contribution < -0.4 is 10.6 Å². The lowest BCUT2D eigenvalue weighted by molar-refractivity contribution is -0.138.